The summed E-state index contributed by atoms with van der Waals surface area (Å²) < 4.78 is 0. The van der Waals surface area contributed by atoms with Crippen molar-refractivity contribution in [2.24, 2.45) is 0 Å². The maximum Gasteiger partial charge on any atom is 0.251 e. The van der Waals surface area contributed by atoms with Crippen LogP contribution in [0, 0.1) is 6.92 Å². The lowest BCUT2D eigenvalue weighted by Crippen LogP contribution is -2.32. The van der Waals surface area contributed by atoms with Crippen LogP contribution in [-0.2, 0) is 4.79 Å². The van der Waals surface area contributed by atoms with Crippen molar-refractivity contribution in [1.82, 2.24) is 4.98 Å². The van der Waals surface area contributed by atoms with Crippen molar-refractivity contribution in [3.05, 3.63) is 53.7 Å². The third-order valence-electron chi connectivity index (χ3n) is 3.08. The number of amides is 1. The van der Waals surface area contributed by atoms with Gasteiger partial charge in [-0.1, -0.05) is 30.3 Å². The van der Waals surface area contributed by atoms with Crippen LogP contribution in [0.4, 0.5) is 11.5 Å². The van der Waals surface area contributed by atoms with Crippen molar-refractivity contribution in [2.45, 2.75) is 13.0 Å². The molecule has 0 radical (unpaired) electrons. The molecule has 1 aromatic heterocycles. The number of hydrogen-bond donors (Lipinski definition) is 2. The second-order valence-corrected chi connectivity index (χ2v) is 4.33. The summed E-state index contributed by atoms with van der Waals surface area (Å²) in [5.74, 6) is 0.674. The second kappa shape index (κ2) is 4.14. The summed E-state index contributed by atoms with van der Waals surface area (Å²) in [5.41, 5.74) is 2.71. The Morgan fingerprint density at radius 3 is 2.72 bits per heavy atom. The first-order chi connectivity index (χ1) is 8.75. The van der Waals surface area contributed by atoms with Crippen molar-refractivity contribution in [3.63, 3.8) is 0 Å². The molecular formula is C14H13N3O. The lowest BCUT2D eigenvalue weighted by Gasteiger charge is -2.27. The number of hydrogen-bond acceptors (Lipinski definition) is 3. The van der Waals surface area contributed by atoms with Crippen molar-refractivity contribution < 1.29 is 4.79 Å². The van der Waals surface area contributed by atoms with Gasteiger partial charge in [-0.05, 0) is 24.1 Å². The number of pyridine rings is 1. The van der Waals surface area contributed by atoms with Gasteiger partial charge in [-0.25, -0.2) is 4.98 Å². The largest absolute Gasteiger partial charge is 0.353 e. The number of aromatic nitrogens is 1. The Bertz CT molecular complexity index is 595. The van der Waals surface area contributed by atoms with Crippen LogP contribution in [0.3, 0.4) is 0 Å². The summed E-state index contributed by atoms with van der Waals surface area (Å²) in [4.78, 5) is 16.4. The zero-order chi connectivity index (χ0) is 12.5. The minimum absolute atomic E-state index is 0.0511. The van der Waals surface area contributed by atoms with Crippen LogP contribution in [0.2, 0.25) is 0 Å². The quantitative estimate of drug-likeness (QED) is 0.804. The van der Waals surface area contributed by atoms with Crippen LogP contribution in [0.15, 0.2) is 42.6 Å². The summed E-state index contributed by atoms with van der Waals surface area (Å²) in [6.45, 7) is 1.95. The molecule has 0 saturated heterocycles. The first-order valence-electron chi connectivity index (χ1n) is 5.83. The third kappa shape index (κ3) is 1.72. The molecule has 90 valence electrons. The molecule has 2 heterocycles. The van der Waals surface area contributed by atoms with E-state index in [1.165, 1.54) is 0 Å². The van der Waals surface area contributed by atoms with Crippen LogP contribution in [0.5, 0.6) is 0 Å². The number of carbonyl (C=O) groups is 1. The van der Waals surface area contributed by atoms with Crippen LogP contribution in [0.25, 0.3) is 0 Å². The van der Waals surface area contributed by atoms with Gasteiger partial charge in [0, 0.05) is 6.20 Å². The molecule has 1 atom stereocenters. The molecular weight excluding hydrogens is 226 g/mol. The summed E-state index contributed by atoms with van der Waals surface area (Å²) in [7, 11) is 0. The topological polar surface area (TPSA) is 54.0 Å². The molecule has 0 aliphatic carbocycles. The number of nitrogens with one attached hydrogen (secondary N) is 2. The molecule has 1 amide bonds. The number of carbonyl (C=O) groups excluding carboxylic acids is 1. The van der Waals surface area contributed by atoms with Crippen LogP contribution in [-0.4, -0.2) is 10.9 Å². The first-order valence-corrected chi connectivity index (χ1v) is 5.83. The Morgan fingerprint density at radius 1 is 1.17 bits per heavy atom. The number of fused-ring (bicyclic) bond motifs is 1. The Hall–Kier alpha value is -2.36. The normalized spacial score (nSPS) is 17.6. The summed E-state index contributed by atoms with van der Waals surface area (Å²) in [6.07, 6.45) is 1.74. The lowest BCUT2D eigenvalue weighted by atomic mass is 10.0. The zero-order valence-corrected chi connectivity index (χ0v) is 9.97. The standard InChI is InChI=1S/C14H13N3O/c1-9-7-8-15-13-11(9)17-14(18)12(16-13)10-5-3-2-4-6-10/h2-8,12H,1H3,(H,15,16)(H,17,18). The van der Waals surface area contributed by atoms with E-state index in [9.17, 15) is 4.79 Å². The van der Waals surface area contributed by atoms with Gasteiger partial charge in [0.15, 0.2) is 5.82 Å². The minimum atomic E-state index is -0.381. The van der Waals surface area contributed by atoms with Gasteiger partial charge in [-0.2, -0.15) is 0 Å². The third-order valence-corrected chi connectivity index (χ3v) is 3.08. The zero-order valence-electron chi connectivity index (χ0n) is 9.97. The number of aryl methyl sites for hydroxylation is 1. The molecule has 1 aromatic carbocycles. The van der Waals surface area contributed by atoms with Gasteiger partial charge < -0.3 is 10.6 Å². The van der Waals surface area contributed by atoms with E-state index in [0.29, 0.717) is 0 Å². The predicted molar refractivity (Wildman–Crippen MR) is 70.4 cm³/mol. The Kier molecular flexibility index (Phi) is 2.48. The number of rotatable bonds is 1. The molecule has 3 rings (SSSR count). The van der Waals surface area contributed by atoms with E-state index >= 15 is 0 Å². The summed E-state index contributed by atoms with van der Waals surface area (Å²) in [5, 5.41) is 6.09. The highest BCUT2D eigenvalue weighted by Gasteiger charge is 2.28. The molecule has 2 aromatic rings. The molecule has 18 heavy (non-hydrogen) atoms. The highest BCUT2D eigenvalue weighted by molar-refractivity contribution is 6.03. The van der Waals surface area contributed by atoms with Gasteiger partial charge in [0.05, 0.1) is 5.69 Å². The Morgan fingerprint density at radius 2 is 1.94 bits per heavy atom. The molecule has 4 heteroatoms. The molecule has 1 unspecified atom stereocenters. The van der Waals surface area contributed by atoms with Crippen molar-refractivity contribution in [3.8, 4) is 0 Å². The van der Waals surface area contributed by atoms with Crippen LogP contribution < -0.4 is 10.6 Å². The highest BCUT2D eigenvalue weighted by atomic mass is 16.2. The van der Waals surface area contributed by atoms with E-state index in [1.807, 2.05) is 43.3 Å². The average molecular weight is 239 g/mol. The fraction of sp³-hybridized carbons (Fsp3) is 0.143. The van der Waals surface area contributed by atoms with E-state index < -0.39 is 0 Å². The maximum atomic E-state index is 12.1. The molecule has 0 fully saturated rings. The maximum absolute atomic E-state index is 12.1. The van der Waals surface area contributed by atoms with Gasteiger partial charge in [-0.3, -0.25) is 4.79 Å². The first kappa shape index (κ1) is 10.8. The van der Waals surface area contributed by atoms with E-state index in [-0.39, 0.29) is 11.9 Å². The van der Waals surface area contributed by atoms with E-state index in [2.05, 4.69) is 15.6 Å². The van der Waals surface area contributed by atoms with Crippen LogP contribution >= 0.6 is 0 Å². The number of benzene rings is 1. The van der Waals surface area contributed by atoms with Gasteiger partial charge in [0.1, 0.15) is 6.04 Å². The average Bonchev–Trinajstić information content (AvgIpc) is 2.40. The molecule has 1 aliphatic heterocycles. The Balaban J connectivity index is 2.00. The Labute approximate surface area is 105 Å². The lowest BCUT2D eigenvalue weighted by molar-refractivity contribution is -0.117. The van der Waals surface area contributed by atoms with Gasteiger partial charge in [0.2, 0.25) is 0 Å². The van der Waals surface area contributed by atoms with Crippen molar-refractivity contribution in [1.29, 1.82) is 0 Å². The summed E-state index contributed by atoms with van der Waals surface area (Å²) in [6, 6.07) is 11.1. The number of anilines is 2. The van der Waals surface area contributed by atoms with E-state index in [0.717, 1.165) is 22.6 Å². The fourth-order valence-corrected chi connectivity index (χ4v) is 2.10. The highest BCUT2D eigenvalue weighted by Crippen LogP contribution is 2.32. The molecule has 1 aliphatic rings. The van der Waals surface area contributed by atoms with Gasteiger partial charge >= 0.3 is 0 Å². The van der Waals surface area contributed by atoms with Crippen molar-refractivity contribution in [2.75, 3.05) is 10.6 Å². The van der Waals surface area contributed by atoms with Crippen LogP contribution in [0.1, 0.15) is 17.2 Å². The predicted octanol–water partition coefficient (Wildman–Crippen LogP) is 2.50. The van der Waals surface area contributed by atoms with E-state index in [1.54, 1.807) is 6.20 Å². The molecule has 0 spiro atoms. The van der Waals surface area contributed by atoms with E-state index in [4.69, 9.17) is 0 Å². The molecule has 0 saturated carbocycles. The second-order valence-electron chi connectivity index (χ2n) is 4.33. The molecule has 2 N–H and O–H groups in total. The molecule has 4 nitrogen and oxygen atoms in total. The SMILES string of the molecule is Cc1ccnc2c1NC(=O)C(c1ccccc1)N2. The van der Waals surface area contributed by atoms with Crippen molar-refractivity contribution >= 4 is 17.4 Å². The van der Waals surface area contributed by atoms with Gasteiger partial charge in [-0.15, -0.1) is 0 Å². The smallest absolute Gasteiger partial charge is 0.251 e. The van der Waals surface area contributed by atoms with Gasteiger partial charge in [0.25, 0.3) is 5.91 Å². The molecule has 0 bridgehead atoms. The minimum Gasteiger partial charge on any atom is -0.353 e. The fourth-order valence-electron chi connectivity index (χ4n) is 2.10. The summed E-state index contributed by atoms with van der Waals surface area (Å²) >= 11 is 0. The number of nitrogens with zero attached hydrogens (tertiary/aromatic N) is 1. The monoisotopic (exact) mass is 239 g/mol.